The first-order valence-corrected chi connectivity index (χ1v) is 7.30. The van der Waals surface area contributed by atoms with E-state index in [0.29, 0.717) is 6.54 Å². The van der Waals surface area contributed by atoms with Crippen LogP contribution in [0.25, 0.3) is 0 Å². The predicted octanol–water partition coefficient (Wildman–Crippen LogP) is 2.47. The number of halogens is 1. The lowest BCUT2D eigenvalue weighted by atomic mass is 9.75. The summed E-state index contributed by atoms with van der Waals surface area (Å²) in [4.78, 5) is 4.61. The van der Waals surface area contributed by atoms with E-state index >= 15 is 0 Å². The average Bonchev–Trinajstić information content (AvgIpc) is 2.33. The van der Waals surface area contributed by atoms with Crippen molar-refractivity contribution in [1.82, 2.24) is 10.2 Å². The largest absolute Gasteiger partial charge is 0.372 e. The second kappa shape index (κ2) is 6.10. The van der Waals surface area contributed by atoms with Gasteiger partial charge >= 0.3 is 0 Å². The fraction of sp³-hybridized carbons (Fsp3) is 0.625. The van der Waals surface area contributed by atoms with E-state index in [9.17, 15) is 4.39 Å². The van der Waals surface area contributed by atoms with E-state index in [1.165, 1.54) is 19.3 Å². The maximum absolute atomic E-state index is 13.4. The Kier molecular flexibility index (Phi) is 4.66. The molecular formula is C16H26FN3. The number of rotatable bonds is 6. The van der Waals surface area contributed by atoms with Crippen molar-refractivity contribution in [2.75, 3.05) is 39.6 Å². The monoisotopic (exact) mass is 279 g/mol. The van der Waals surface area contributed by atoms with Crippen molar-refractivity contribution >= 4 is 5.69 Å². The van der Waals surface area contributed by atoms with Crippen LogP contribution in [-0.2, 0) is 6.54 Å². The van der Waals surface area contributed by atoms with Crippen molar-refractivity contribution in [3.63, 3.8) is 0 Å². The molecule has 4 heteroatoms. The molecule has 1 saturated carbocycles. The zero-order valence-corrected chi connectivity index (χ0v) is 13.0. The van der Waals surface area contributed by atoms with E-state index in [0.717, 1.165) is 17.8 Å². The Bertz CT molecular complexity index is 455. The van der Waals surface area contributed by atoms with Crippen molar-refractivity contribution < 1.29 is 4.39 Å². The van der Waals surface area contributed by atoms with Crippen LogP contribution in [0.5, 0.6) is 0 Å². The van der Waals surface area contributed by atoms with Crippen LogP contribution in [0.15, 0.2) is 18.2 Å². The average molecular weight is 279 g/mol. The van der Waals surface area contributed by atoms with E-state index < -0.39 is 0 Å². The number of anilines is 1. The first kappa shape index (κ1) is 15.3. The van der Waals surface area contributed by atoms with Crippen LogP contribution in [0.2, 0.25) is 0 Å². The topological polar surface area (TPSA) is 18.5 Å². The van der Waals surface area contributed by atoms with Crippen LogP contribution < -0.4 is 10.2 Å². The summed E-state index contributed by atoms with van der Waals surface area (Å²) in [6.07, 6.45) is 3.79. The molecular weight excluding hydrogens is 253 g/mol. The minimum Gasteiger partial charge on any atom is -0.372 e. The van der Waals surface area contributed by atoms with Gasteiger partial charge in [0, 0.05) is 31.4 Å². The standard InChI is InChI=1S/C16H26FN3/c1-18-11-13-10-14(17)6-7-15(13)20(4)12-16(19(2)3)8-5-9-16/h6-7,10,18H,5,8-9,11-12H2,1-4H3. The number of likely N-dealkylation sites (N-methyl/N-ethyl adjacent to an activating group) is 2. The van der Waals surface area contributed by atoms with E-state index in [2.05, 4.69) is 36.3 Å². The molecule has 1 aliphatic rings. The Morgan fingerprint density at radius 1 is 1.25 bits per heavy atom. The Balaban J connectivity index is 2.18. The molecule has 0 unspecified atom stereocenters. The number of nitrogens with one attached hydrogen (secondary N) is 1. The predicted molar refractivity (Wildman–Crippen MR) is 82.7 cm³/mol. The van der Waals surface area contributed by atoms with Gasteiger partial charge in [-0.15, -0.1) is 0 Å². The maximum atomic E-state index is 13.4. The summed E-state index contributed by atoms with van der Waals surface area (Å²) < 4.78 is 13.4. The molecule has 0 saturated heterocycles. The van der Waals surface area contributed by atoms with Gasteiger partial charge in [0.15, 0.2) is 0 Å². The smallest absolute Gasteiger partial charge is 0.123 e. The van der Waals surface area contributed by atoms with Crippen LogP contribution in [0.1, 0.15) is 24.8 Å². The van der Waals surface area contributed by atoms with Gasteiger partial charge in [-0.3, -0.25) is 0 Å². The fourth-order valence-corrected chi connectivity index (χ4v) is 3.12. The summed E-state index contributed by atoms with van der Waals surface area (Å²) in [7, 11) is 8.32. The quantitative estimate of drug-likeness (QED) is 0.863. The van der Waals surface area contributed by atoms with Gasteiger partial charge in [-0.25, -0.2) is 4.39 Å². The Labute approximate surface area is 121 Å². The van der Waals surface area contributed by atoms with E-state index in [4.69, 9.17) is 0 Å². The van der Waals surface area contributed by atoms with Gasteiger partial charge in [0.2, 0.25) is 0 Å². The molecule has 3 nitrogen and oxygen atoms in total. The zero-order chi connectivity index (χ0) is 14.8. The summed E-state index contributed by atoms with van der Waals surface area (Å²) in [5, 5.41) is 3.12. The highest BCUT2D eigenvalue weighted by Crippen LogP contribution is 2.37. The van der Waals surface area contributed by atoms with Crippen LogP contribution in [0.3, 0.4) is 0 Å². The molecule has 1 aromatic rings. The van der Waals surface area contributed by atoms with Gasteiger partial charge in [-0.05, 0) is 64.2 Å². The molecule has 112 valence electrons. The third-order valence-corrected chi connectivity index (χ3v) is 4.58. The highest BCUT2D eigenvalue weighted by Gasteiger charge is 2.40. The lowest BCUT2D eigenvalue weighted by molar-refractivity contribution is 0.0683. The van der Waals surface area contributed by atoms with Crippen LogP contribution in [0.4, 0.5) is 10.1 Å². The highest BCUT2D eigenvalue weighted by atomic mass is 19.1. The Hall–Kier alpha value is -1.13. The molecule has 0 spiro atoms. The maximum Gasteiger partial charge on any atom is 0.123 e. The van der Waals surface area contributed by atoms with Gasteiger partial charge in [-0.1, -0.05) is 0 Å². The number of hydrogen-bond acceptors (Lipinski definition) is 3. The normalized spacial score (nSPS) is 17.1. The van der Waals surface area contributed by atoms with Crippen molar-refractivity contribution in [3.05, 3.63) is 29.6 Å². The van der Waals surface area contributed by atoms with Crippen molar-refractivity contribution in [1.29, 1.82) is 0 Å². The molecule has 1 fully saturated rings. The molecule has 0 bridgehead atoms. The minimum atomic E-state index is -0.168. The Morgan fingerprint density at radius 2 is 1.95 bits per heavy atom. The lowest BCUT2D eigenvalue weighted by Crippen LogP contribution is -2.56. The zero-order valence-electron chi connectivity index (χ0n) is 13.0. The van der Waals surface area contributed by atoms with Gasteiger partial charge < -0.3 is 15.1 Å². The summed E-state index contributed by atoms with van der Waals surface area (Å²) in [6, 6.07) is 5.07. The first-order chi connectivity index (χ1) is 9.48. The molecule has 0 amide bonds. The third-order valence-electron chi connectivity index (χ3n) is 4.58. The van der Waals surface area contributed by atoms with E-state index in [1.54, 1.807) is 12.1 Å². The molecule has 0 radical (unpaired) electrons. The molecule has 0 atom stereocenters. The molecule has 2 rings (SSSR count). The SMILES string of the molecule is CNCc1cc(F)ccc1N(C)CC1(N(C)C)CCC1. The number of benzene rings is 1. The third kappa shape index (κ3) is 2.96. The molecule has 1 N–H and O–H groups in total. The molecule has 1 aromatic carbocycles. The Morgan fingerprint density at radius 3 is 2.45 bits per heavy atom. The minimum absolute atomic E-state index is 0.168. The number of hydrogen-bond donors (Lipinski definition) is 1. The first-order valence-electron chi connectivity index (χ1n) is 7.30. The fourth-order valence-electron chi connectivity index (χ4n) is 3.12. The summed E-state index contributed by atoms with van der Waals surface area (Å²) in [5.41, 5.74) is 2.41. The van der Waals surface area contributed by atoms with Crippen molar-refractivity contribution in [2.24, 2.45) is 0 Å². The molecule has 0 heterocycles. The second-order valence-corrected chi connectivity index (χ2v) is 6.13. The van der Waals surface area contributed by atoms with Gasteiger partial charge in [-0.2, -0.15) is 0 Å². The van der Waals surface area contributed by atoms with Gasteiger partial charge in [0.25, 0.3) is 0 Å². The van der Waals surface area contributed by atoms with Crippen LogP contribution in [-0.4, -0.2) is 45.2 Å². The number of nitrogens with zero attached hydrogens (tertiary/aromatic N) is 2. The van der Waals surface area contributed by atoms with Crippen molar-refractivity contribution in [3.8, 4) is 0 Å². The van der Waals surface area contributed by atoms with Crippen LogP contribution in [0, 0.1) is 5.82 Å². The van der Waals surface area contributed by atoms with Gasteiger partial charge in [0.1, 0.15) is 5.82 Å². The molecule has 1 aliphatic carbocycles. The van der Waals surface area contributed by atoms with E-state index in [-0.39, 0.29) is 11.4 Å². The second-order valence-electron chi connectivity index (χ2n) is 6.13. The highest BCUT2D eigenvalue weighted by molar-refractivity contribution is 5.53. The molecule has 20 heavy (non-hydrogen) atoms. The van der Waals surface area contributed by atoms with Crippen molar-refractivity contribution in [2.45, 2.75) is 31.3 Å². The summed E-state index contributed by atoms with van der Waals surface area (Å²) >= 11 is 0. The molecule has 0 aromatic heterocycles. The molecule has 0 aliphatic heterocycles. The summed E-state index contributed by atoms with van der Waals surface area (Å²) in [6.45, 7) is 1.68. The van der Waals surface area contributed by atoms with Gasteiger partial charge in [0.05, 0.1) is 0 Å². The van der Waals surface area contributed by atoms with E-state index in [1.807, 2.05) is 13.1 Å². The summed E-state index contributed by atoms with van der Waals surface area (Å²) in [5.74, 6) is -0.168. The van der Waals surface area contributed by atoms with Crippen LogP contribution >= 0.6 is 0 Å². The lowest BCUT2D eigenvalue weighted by Gasteiger charge is -2.49.